The summed E-state index contributed by atoms with van der Waals surface area (Å²) in [5.41, 5.74) is 5.28. The largest absolute Gasteiger partial charge is 0.496 e. The van der Waals surface area contributed by atoms with Crippen LogP contribution in [-0.2, 0) is 6.42 Å². The van der Waals surface area contributed by atoms with Gasteiger partial charge in [-0.15, -0.1) is 0 Å². The van der Waals surface area contributed by atoms with E-state index in [2.05, 4.69) is 48.0 Å². The van der Waals surface area contributed by atoms with Gasteiger partial charge in [-0.1, -0.05) is 42.0 Å². The maximum Gasteiger partial charge on any atom is 0.257 e. The van der Waals surface area contributed by atoms with Crippen LogP contribution in [0.1, 0.15) is 38.6 Å². The summed E-state index contributed by atoms with van der Waals surface area (Å²) in [6.45, 7) is 8.85. The highest BCUT2D eigenvalue weighted by Gasteiger charge is 2.26. The second-order valence-electron chi connectivity index (χ2n) is 8.30. The standard InChI is InChI=1S/C26H30N4O2/c1-18-9-11-21(12-10-18)17-23-19(2)27-20(3)28-25(23)29-13-15-30(16-14-29)26(31)22-7-5-6-8-24(22)32-4/h5-12H,13-17H2,1-4H3. The Bertz CT molecular complexity index is 1100. The van der Waals surface area contributed by atoms with Gasteiger partial charge < -0.3 is 14.5 Å². The number of anilines is 1. The van der Waals surface area contributed by atoms with Crippen molar-refractivity contribution in [2.45, 2.75) is 27.2 Å². The zero-order chi connectivity index (χ0) is 22.7. The Kier molecular flexibility index (Phi) is 6.40. The number of benzene rings is 2. The Hall–Kier alpha value is -3.41. The lowest BCUT2D eigenvalue weighted by molar-refractivity contribution is 0.0743. The minimum atomic E-state index is 0.0111. The number of ether oxygens (including phenoxy) is 1. The highest BCUT2D eigenvalue weighted by Crippen LogP contribution is 2.26. The first-order chi connectivity index (χ1) is 15.5. The normalized spacial score (nSPS) is 13.9. The summed E-state index contributed by atoms with van der Waals surface area (Å²) in [4.78, 5) is 26.7. The van der Waals surface area contributed by atoms with Crippen molar-refractivity contribution in [2.24, 2.45) is 0 Å². The molecule has 0 spiro atoms. The minimum Gasteiger partial charge on any atom is -0.496 e. The van der Waals surface area contributed by atoms with E-state index in [1.807, 2.05) is 36.1 Å². The maximum atomic E-state index is 13.1. The van der Waals surface area contributed by atoms with Crippen LogP contribution in [-0.4, -0.2) is 54.1 Å². The van der Waals surface area contributed by atoms with Gasteiger partial charge in [-0.3, -0.25) is 4.79 Å². The van der Waals surface area contributed by atoms with Crippen LogP contribution >= 0.6 is 0 Å². The smallest absolute Gasteiger partial charge is 0.257 e. The molecule has 0 atom stereocenters. The third-order valence-electron chi connectivity index (χ3n) is 6.01. The van der Waals surface area contributed by atoms with Crippen LogP contribution in [0.4, 0.5) is 5.82 Å². The van der Waals surface area contributed by atoms with E-state index in [0.29, 0.717) is 24.4 Å². The molecule has 166 valence electrons. The van der Waals surface area contributed by atoms with E-state index >= 15 is 0 Å². The molecule has 0 aliphatic carbocycles. The van der Waals surface area contributed by atoms with Crippen LogP contribution in [0.5, 0.6) is 5.75 Å². The third kappa shape index (κ3) is 4.59. The monoisotopic (exact) mass is 430 g/mol. The van der Waals surface area contributed by atoms with Crippen LogP contribution in [0, 0.1) is 20.8 Å². The van der Waals surface area contributed by atoms with Gasteiger partial charge in [-0.2, -0.15) is 0 Å². The molecule has 6 nitrogen and oxygen atoms in total. The highest BCUT2D eigenvalue weighted by atomic mass is 16.5. The molecule has 1 amide bonds. The molecule has 2 heterocycles. The summed E-state index contributed by atoms with van der Waals surface area (Å²) >= 11 is 0. The summed E-state index contributed by atoms with van der Waals surface area (Å²) in [6, 6.07) is 16.0. The topological polar surface area (TPSA) is 58.6 Å². The van der Waals surface area contributed by atoms with Gasteiger partial charge in [-0.25, -0.2) is 9.97 Å². The molecule has 1 saturated heterocycles. The van der Waals surface area contributed by atoms with E-state index in [1.165, 1.54) is 11.1 Å². The summed E-state index contributed by atoms with van der Waals surface area (Å²) in [7, 11) is 1.60. The predicted octanol–water partition coefficient (Wildman–Crippen LogP) is 3.96. The zero-order valence-electron chi connectivity index (χ0n) is 19.3. The van der Waals surface area contributed by atoms with Gasteiger partial charge in [0.25, 0.3) is 5.91 Å². The number of hydrogen-bond acceptors (Lipinski definition) is 5. The summed E-state index contributed by atoms with van der Waals surface area (Å²) in [6.07, 6.45) is 0.794. The van der Waals surface area contributed by atoms with Gasteiger partial charge in [0, 0.05) is 43.9 Å². The molecule has 1 aliphatic heterocycles. The Balaban J connectivity index is 1.53. The first-order valence-electron chi connectivity index (χ1n) is 11.0. The predicted molar refractivity (Wildman–Crippen MR) is 127 cm³/mol. The molecule has 0 saturated carbocycles. The van der Waals surface area contributed by atoms with E-state index in [4.69, 9.17) is 9.72 Å². The molecule has 1 fully saturated rings. The van der Waals surface area contributed by atoms with Gasteiger partial charge in [0.15, 0.2) is 0 Å². The van der Waals surface area contributed by atoms with Gasteiger partial charge in [0.05, 0.1) is 12.7 Å². The van der Waals surface area contributed by atoms with Crippen molar-refractivity contribution >= 4 is 11.7 Å². The van der Waals surface area contributed by atoms with E-state index < -0.39 is 0 Å². The first-order valence-corrected chi connectivity index (χ1v) is 11.0. The Morgan fingerprint density at radius 2 is 1.62 bits per heavy atom. The van der Waals surface area contributed by atoms with E-state index in [9.17, 15) is 4.79 Å². The highest BCUT2D eigenvalue weighted by molar-refractivity contribution is 5.97. The maximum absolute atomic E-state index is 13.1. The lowest BCUT2D eigenvalue weighted by Crippen LogP contribution is -2.49. The molecular weight excluding hydrogens is 400 g/mol. The van der Waals surface area contributed by atoms with Crippen molar-refractivity contribution in [3.8, 4) is 5.75 Å². The van der Waals surface area contributed by atoms with Crippen molar-refractivity contribution in [3.63, 3.8) is 0 Å². The SMILES string of the molecule is COc1ccccc1C(=O)N1CCN(c2nc(C)nc(C)c2Cc2ccc(C)cc2)CC1. The lowest BCUT2D eigenvalue weighted by atomic mass is 10.0. The minimum absolute atomic E-state index is 0.0111. The molecule has 0 bridgehead atoms. The molecule has 0 radical (unpaired) electrons. The molecule has 0 N–H and O–H groups in total. The first kappa shape index (κ1) is 21.8. The van der Waals surface area contributed by atoms with Crippen molar-refractivity contribution in [3.05, 3.63) is 82.3 Å². The van der Waals surface area contributed by atoms with Crippen molar-refractivity contribution in [2.75, 3.05) is 38.2 Å². The Morgan fingerprint density at radius 3 is 2.31 bits per heavy atom. The number of nitrogens with zero attached hydrogens (tertiary/aromatic N) is 4. The zero-order valence-corrected chi connectivity index (χ0v) is 19.3. The summed E-state index contributed by atoms with van der Waals surface area (Å²) in [5, 5.41) is 0. The number of methoxy groups -OCH3 is 1. The molecule has 6 heteroatoms. The van der Waals surface area contributed by atoms with Gasteiger partial charge in [0.1, 0.15) is 17.4 Å². The number of para-hydroxylation sites is 1. The average molecular weight is 431 g/mol. The second kappa shape index (κ2) is 9.39. The third-order valence-corrected chi connectivity index (χ3v) is 6.01. The fourth-order valence-electron chi connectivity index (χ4n) is 4.21. The fourth-order valence-corrected chi connectivity index (χ4v) is 4.21. The van der Waals surface area contributed by atoms with Gasteiger partial charge in [-0.05, 0) is 38.5 Å². The summed E-state index contributed by atoms with van der Waals surface area (Å²) < 4.78 is 5.38. The second-order valence-corrected chi connectivity index (χ2v) is 8.30. The van der Waals surface area contributed by atoms with Crippen LogP contribution in [0.2, 0.25) is 0 Å². The number of hydrogen-bond donors (Lipinski definition) is 0. The lowest BCUT2D eigenvalue weighted by Gasteiger charge is -2.36. The van der Waals surface area contributed by atoms with Crippen LogP contribution in [0.15, 0.2) is 48.5 Å². The molecule has 4 rings (SSSR count). The number of amides is 1. The van der Waals surface area contributed by atoms with Crippen LogP contribution in [0.3, 0.4) is 0 Å². The number of aromatic nitrogens is 2. The van der Waals surface area contributed by atoms with Crippen LogP contribution < -0.4 is 9.64 Å². The van der Waals surface area contributed by atoms with Crippen molar-refractivity contribution < 1.29 is 9.53 Å². The van der Waals surface area contributed by atoms with Crippen LogP contribution in [0.25, 0.3) is 0 Å². The molecule has 3 aromatic rings. The number of piperazine rings is 1. The average Bonchev–Trinajstić information content (AvgIpc) is 2.81. The van der Waals surface area contributed by atoms with Crippen molar-refractivity contribution in [1.29, 1.82) is 0 Å². The molecule has 0 unspecified atom stereocenters. The Morgan fingerprint density at radius 1 is 0.938 bits per heavy atom. The molecular formula is C26H30N4O2. The Labute approximate surface area is 189 Å². The number of carbonyl (C=O) groups excluding carboxylic acids is 1. The molecule has 1 aromatic heterocycles. The molecule has 32 heavy (non-hydrogen) atoms. The van der Waals surface area contributed by atoms with E-state index in [1.54, 1.807) is 7.11 Å². The molecule has 2 aromatic carbocycles. The van der Waals surface area contributed by atoms with E-state index in [-0.39, 0.29) is 5.91 Å². The molecule has 1 aliphatic rings. The summed E-state index contributed by atoms with van der Waals surface area (Å²) in [5.74, 6) is 2.39. The van der Waals surface area contributed by atoms with Crippen molar-refractivity contribution in [1.82, 2.24) is 14.9 Å². The number of rotatable bonds is 5. The quantitative estimate of drug-likeness (QED) is 0.613. The van der Waals surface area contributed by atoms with Gasteiger partial charge >= 0.3 is 0 Å². The fraction of sp³-hybridized carbons (Fsp3) is 0.346. The number of aryl methyl sites for hydroxylation is 3. The van der Waals surface area contributed by atoms with Gasteiger partial charge in [0.2, 0.25) is 0 Å². The van der Waals surface area contributed by atoms with E-state index in [0.717, 1.165) is 42.4 Å². The number of carbonyl (C=O) groups is 1.